The minimum absolute atomic E-state index is 0.424. The molecule has 0 aliphatic heterocycles. The van der Waals surface area contributed by atoms with Crippen molar-refractivity contribution in [1.82, 2.24) is 19.6 Å². The van der Waals surface area contributed by atoms with E-state index in [1.165, 1.54) is 18.0 Å². The Bertz CT molecular complexity index is 773. The summed E-state index contributed by atoms with van der Waals surface area (Å²) in [6, 6.07) is 11.8. The second-order valence-corrected chi connectivity index (χ2v) is 4.58. The summed E-state index contributed by atoms with van der Waals surface area (Å²) in [4.78, 5) is 8.64. The van der Waals surface area contributed by atoms with Crippen LogP contribution in [-0.4, -0.2) is 25.8 Å². The smallest absolute Gasteiger partial charge is 0.190 e. The summed E-state index contributed by atoms with van der Waals surface area (Å²) < 4.78 is 1.62. The number of benzene rings is 1. The van der Waals surface area contributed by atoms with Crippen LogP contribution in [0.25, 0.3) is 17.0 Å². The van der Waals surface area contributed by atoms with Crippen LogP contribution in [0.5, 0.6) is 0 Å². The summed E-state index contributed by atoms with van der Waals surface area (Å²) in [7, 11) is 0. The molecule has 3 aromatic rings. The molecule has 0 N–H and O–H groups in total. The second kappa shape index (κ2) is 4.71. The SMILES string of the molecule is CSc1ncc(C#N)c2nc(-c3ccccc3)nn12. The van der Waals surface area contributed by atoms with Gasteiger partial charge in [0.15, 0.2) is 16.6 Å². The normalized spacial score (nSPS) is 10.5. The van der Waals surface area contributed by atoms with Gasteiger partial charge in [0.25, 0.3) is 0 Å². The number of hydrogen-bond acceptors (Lipinski definition) is 5. The molecule has 3 rings (SSSR count). The lowest BCUT2D eigenvalue weighted by Crippen LogP contribution is -1.97. The first-order valence-electron chi connectivity index (χ1n) is 5.59. The monoisotopic (exact) mass is 267 g/mol. The van der Waals surface area contributed by atoms with Crippen molar-refractivity contribution in [3.05, 3.63) is 42.1 Å². The van der Waals surface area contributed by atoms with Gasteiger partial charge in [-0.25, -0.2) is 9.97 Å². The Kier molecular flexibility index (Phi) is 2.89. The molecule has 19 heavy (non-hydrogen) atoms. The lowest BCUT2D eigenvalue weighted by atomic mass is 10.2. The Hall–Kier alpha value is -2.39. The van der Waals surface area contributed by atoms with E-state index in [0.29, 0.717) is 22.2 Å². The van der Waals surface area contributed by atoms with Crippen LogP contribution in [0.1, 0.15) is 5.56 Å². The summed E-state index contributed by atoms with van der Waals surface area (Å²) in [6.07, 6.45) is 3.45. The molecular weight excluding hydrogens is 258 g/mol. The van der Waals surface area contributed by atoms with Crippen LogP contribution in [0, 0.1) is 11.3 Å². The quantitative estimate of drug-likeness (QED) is 0.527. The van der Waals surface area contributed by atoms with Crippen molar-refractivity contribution in [2.24, 2.45) is 0 Å². The van der Waals surface area contributed by atoms with E-state index in [-0.39, 0.29) is 0 Å². The molecule has 2 aromatic heterocycles. The first-order chi connectivity index (χ1) is 9.33. The van der Waals surface area contributed by atoms with Crippen LogP contribution >= 0.6 is 11.8 Å². The Morgan fingerprint density at radius 3 is 2.74 bits per heavy atom. The van der Waals surface area contributed by atoms with Crippen molar-refractivity contribution in [3.63, 3.8) is 0 Å². The zero-order valence-corrected chi connectivity index (χ0v) is 10.9. The molecule has 0 radical (unpaired) electrons. The van der Waals surface area contributed by atoms with Crippen molar-refractivity contribution in [2.75, 3.05) is 6.26 Å². The van der Waals surface area contributed by atoms with Crippen molar-refractivity contribution < 1.29 is 0 Å². The Balaban J connectivity index is 2.28. The number of nitriles is 1. The van der Waals surface area contributed by atoms with E-state index in [9.17, 15) is 0 Å². The highest BCUT2D eigenvalue weighted by Crippen LogP contribution is 2.20. The molecule has 1 aromatic carbocycles. The summed E-state index contributed by atoms with van der Waals surface area (Å²) in [5.41, 5.74) is 1.88. The lowest BCUT2D eigenvalue weighted by molar-refractivity contribution is 0.796. The van der Waals surface area contributed by atoms with Crippen LogP contribution in [0.3, 0.4) is 0 Å². The van der Waals surface area contributed by atoms with Gasteiger partial charge in [0, 0.05) is 5.56 Å². The molecule has 6 heteroatoms. The second-order valence-electron chi connectivity index (χ2n) is 3.81. The highest BCUT2D eigenvalue weighted by Gasteiger charge is 2.13. The van der Waals surface area contributed by atoms with Gasteiger partial charge in [-0.05, 0) is 6.26 Å². The van der Waals surface area contributed by atoms with Crippen molar-refractivity contribution in [2.45, 2.75) is 5.16 Å². The number of rotatable bonds is 2. The van der Waals surface area contributed by atoms with E-state index in [0.717, 1.165) is 5.56 Å². The van der Waals surface area contributed by atoms with Gasteiger partial charge in [0.1, 0.15) is 11.6 Å². The Morgan fingerprint density at radius 2 is 2.05 bits per heavy atom. The third-order valence-corrected chi connectivity index (χ3v) is 3.31. The van der Waals surface area contributed by atoms with Crippen LogP contribution in [-0.2, 0) is 0 Å². The van der Waals surface area contributed by atoms with Gasteiger partial charge in [-0.2, -0.15) is 9.78 Å². The molecule has 0 aliphatic rings. The molecule has 92 valence electrons. The molecule has 0 atom stereocenters. The van der Waals surface area contributed by atoms with Gasteiger partial charge in [0.2, 0.25) is 0 Å². The minimum atomic E-state index is 0.424. The van der Waals surface area contributed by atoms with E-state index < -0.39 is 0 Å². The van der Waals surface area contributed by atoms with Gasteiger partial charge in [0.05, 0.1) is 6.20 Å². The zero-order chi connectivity index (χ0) is 13.2. The standard InChI is InChI=1S/C13H9N5S/c1-19-13-15-8-10(7-14)12-16-11(17-18(12)13)9-5-3-2-4-6-9/h2-6,8H,1H3. The van der Waals surface area contributed by atoms with Gasteiger partial charge in [-0.3, -0.25) is 0 Å². The van der Waals surface area contributed by atoms with E-state index >= 15 is 0 Å². The van der Waals surface area contributed by atoms with Gasteiger partial charge in [-0.1, -0.05) is 42.1 Å². The van der Waals surface area contributed by atoms with E-state index in [2.05, 4.69) is 21.1 Å². The van der Waals surface area contributed by atoms with E-state index in [1.54, 1.807) is 4.52 Å². The molecule has 0 spiro atoms. The predicted octanol–water partition coefficient (Wildman–Crippen LogP) is 2.38. The van der Waals surface area contributed by atoms with Crippen molar-refractivity contribution in [1.29, 1.82) is 5.26 Å². The molecule has 0 saturated carbocycles. The molecule has 2 heterocycles. The first kappa shape index (κ1) is 11.7. The fourth-order valence-corrected chi connectivity index (χ4v) is 2.24. The number of nitrogens with zero attached hydrogens (tertiary/aromatic N) is 5. The molecular formula is C13H9N5S. The lowest BCUT2D eigenvalue weighted by Gasteiger charge is -1.98. The third kappa shape index (κ3) is 1.94. The third-order valence-electron chi connectivity index (χ3n) is 2.67. The summed E-state index contributed by atoms with van der Waals surface area (Å²) in [5.74, 6) is 0.598. The molecule has 0 unspecified atom stereocenters. The highest BCUT2D eigenvalue weighted by molar-refractivity contribution is 7.98. The minimum Gasteiger partial charge on any atom is -0.230 e. The molecule has 5 nitrogen and oxygen atoms in total. The first-order valence-corrected chi connectivity index (χ1v) is 6.81. The molecule has 0 bridgehead atoms. The zero-order valence-electron chi connectivity index (χ0n) is 10.1. The largest absolute Gasteiger partial charge is 0.230 e. The number of fused-ring (bicyclic) bond motifs is 1. The van der Waals surface area contributed by atoms with Crippen molar-refractivity contribution >= 4 is 17.4 Å². The average Bonchev–Trinajstić information content (AvgIpc) is 2.92. The van der Waals surface area contributed by atoms with Crippen LogP contribution in [0.15, 0.2) is 41.7 Å². The number of thioether (sulfide) groups is 1. The van der Waals surface area contributed by atoms with E-state index in [1.807, 2.05) is 36.6 Å². The Morgan fingerprint density at radius 1 is 1.26 bits per heavy atom. The van der Waals surface area contributed by atoms with Crippen LogP contribution < -0.4 is 0 Å². The Labute approximate surface area is 113 Å². The maximum atomic E-state index is 9.10. The van der Waals surface area contributed by atoms with Gasteiger partial charge >= 0.3 is 0 Å². The summed E-state index contributed by atoms with van der Waals surface area (Å²) in [5, 5.41) is 14.2. The average molecular weight is 267 g/mol. The van der Waals surface area contributed by atoms with Crippen LogP contribution in [0.4, 0.5) is 0 Å². The number of hydrogen-bond donors (Lipinski definition) is 0. The summed E-state index contributed by atoms with van der Waals surface area (Å²) in [6.45, 7) is 0. The van der Waals surface area contributed by atoms with Crippen molar-refractivity contribution in [3.8, 4) is 17.5 Å². The fraction of sp³-hybridized carbons (Fsp3) is 0.0769. The van der Waals surface area contributed by atoms with Gasteiger partial charge in [-0.15, -0.1) is 5.10 Å². The molecule has 0 saturated heterocycles. The maximum Gasteiger partial charge on any atom is 0.190 e. The molecule has 0 amide bonds. The summed E-state index contributed by atoms with van der Waals surface area (Å²) >= 11 is 1.47. The number of aromatic nitrogens is 4. The predicted molar refractivity (Wildman–Crippen MR) is 72.7 cm³/mol. The molecule has 0 fully saturated rings. The molecule has 0 aliphatic carbocycles. The fourth-order valence-electron chi connectivity index (χ4n) is 1.78. The highest BCUT2D eigenvalue weighted by atomic mass is 32.2. The van der Waals surface area contributed by atoms with Crippen LogP contribution in [0.2, 0.25) is 0 Å². The maximum absolute atomic E-state index is 9.10. The van der Waals surface area contributed by atoms with Gasteiger partial charge < -0.3 is 0 Å². The topological polar surface area (TPSA) is 66.9 Å². The van der Waals surface area contributed by atoms with E-state index in [4.69, 9.17) is 5.26 Å².